The van der Waals surface area contributed by atoms with Crippen molar-refractivity contribution in [3.63, 3.8) is 0 Å². The second-order valence-electron chi connectivity index (χ2n) is 5.13. The van der Waals surface area contributed by atoms with Gasteiger partial charge in [-0.1, -0.05) is 12.1 Å². The fraction of sp³-hybridized carbons (Fsp3) is 0.467. The van der Waals surface area contributed by atoms with Crippen LogP contribution in [0, 0.1) is 6.92 Å². The van der Waals surface area contributed by atoms with Crippen LogP contribution in [0.4, 0.5) is 0 Å². The van der Waals surface area contributed by atoms with Crippen molar-refractivity contribution in [3.8, 4) is 0 Å². The van der Waals surface area contributed by atoms with E-state index in [2.05, 4.69) is 4.98 Å². The highest BCUT2D eigenvalue weighted by Crippen LogP contribution is 2.22. The van der Waals surface area contributed by atoms with Crippen molar-refractivity contribution in [2.75, 3.05) is 26.3 Å². The van der Waals surface area contributed by atoms with Gasteiger partial charge in [-0.05, 0) is 26.0 Å². The molecule has 0 aliphatic carbocycles. The van der Waals surface area contributed by atoms with Crippen LogP contribution < -0.4 is 0 Å². The number of carbonyl (C=O) groups is 1. The lowest BCUT2D eigenvalue weighted by Gasteiger charge is -2.30. The summed E-state index contributed by atoms with van der Waals surface area (Å²) in [5, 5.41) is 0. The van der Waals surface area contributed by atoms with Gasteiger partial charge >= 0.3 is 0 Å². The summed E-state index contributed by atoms with van der Waals surface area (Å²) in [7, 11) is 0. The average molecular weight is 273 g/mol. The lowest BCUT2D eigenvalue weighted by molar-refractivity contribution is -0.138. The number of carbonyl (C=O) groups excluding carboxylic acids is 1. The molecule has 0 spiro atoms. The Morgan fingerprint density at radius 1 is 1.30 bits per heavy atom. The number of fused-ring (bicyclic) bond motifs is 1. The molecule has 0 saturated carbocycles. The Hall–Kier alpha value is -1.88. The first-order valence-electron chi connectivity index (χ1n) is 6.98. The quantitative estimate of drug-likeness (QED) is 0.837. The van der Waals surface area contributed by atoms with E-state index >= 15 is 0 Å². The number of aromatic nitrogens is 2. The van der Waals surface area contributed by atoms with Gasteiger partial charge in [0.1, 0.15) is 11.9 Å². The molecule has 1 atom stereocenters. The number of benzene rings is 1. The average Bonchev–Trinajstić information content (AvgIpc) is 2.82. The topological polar surface area (TPSA) is 47.4 Å². The highest BCUT2D eigenvalue weighted by molar-refractivity contribution is 5.84. The highest BCUT2D eigenvalue weighted by atomic mass is 16.5. The van der Waals surface area contributed by atoms with E-state index < -0.39 is 0 Å². The molecule has 3 rings (SSSR count). The Morgan fingerprint density at radius 3 is 2.75 bits per heavy atom. The number of amides is 1. The summed E-state index contributed by atoms with van der Waals surface area (Å²) in [5.41, 5.74) is 1.95. The van der Waals surface area contributed by atoms with Crippen molar-refractivity contribution in [2.24, 2.45) is 0 Å². The summed E-state index contributed by atoms with van der Waals surface area (Å²) >= 11 is 0. The van der Waals surface area contributed by atoms with Gasteiger partial charge in [-0.15, -0.1) is 0 Å². The molecule has 1 aliphatic heterocycles. The Kier molecular flexibility index (Phi) is 3.44. The van der Waals surface area contributed by atoms with Crippen LogP contribution in [0.1, 0.15) is 18.8 Å². The van der Waals surface area contributed by atoms with Crippen molar-refractivity contribution >= 4 is 16.9 Å². The molecular weight excluding hydrogens is 254 g/mol. The first-order chi connectivity index (χ1) is 9.68. The maximum atomic E-state index is 12.6. The smallest absolute Gasteiger partial charge is 0.245 e. The maximum absolute atomic E-state index is 12.6. The second-order valence-corrected chi connectivity index (χ2v) is 5.13. The van der Waals surface area contributed by atoms with Gasteiger partial charge in [0.25, 0.3) is 0 Å². The van der Waals surface area contributed by atoms with Gasteiger partial charge in [-0.2, -0.15) is 0 Å². The van der Waals surface area contributed by atoms with E-state index in [-0.39, 0.29) is 11.9 Å². The third-order valence-corrected chi connectivity index (χ3v) is 3.84. The van der Waals surface area contributed by atoms with E-state index in [0.29, 0.717) is 26.3 Å². The second kappa shape index (κ2) is 5.25. The number of hydrogen-bond donors (Lipinski definition) is 0. The van der Waals surface area contributed by atoms with Crippen LogP contribution >= 0.6 is 0 Å². The predicted octanol–water partition coefficient (Wildman–Crippen LogP) is 1.76. The van der Waals surface area contributed by atoms with Crippen molar-refractivity contribution in [2.45, 2.75) is 19.9 Å². The zero-order valence-corrected chi connectivity index (χ0v) is 11.9. The molecule has 0 N–H and O–H groups in total. The normalized spacial score (nSPS) is 17.4. The Labute approximate surface area is 118 Å². The van der Waals surface area contributed by atoms with Crippen LogP contribution in [-0.2, 0) is 9.53 Å². The van der Waals surface area contributed by atoms with Crippen LogP contribution in [-0.4, -0.2) is 46.7 Å². The summed E-state index contributed by atoms with van der Waals surface area (Å²) in [4.78, 5) is 19.0. The molecule has 5 heteroatoms. The van der Waals surface area contributed by atoms with E-state index in [1.165, 1.54) is 0 Å². The Bertz CT molecular complexity index is 629. The number of imidazole rings is 1. The molecular formula is C15H19N3O2. The molecule has 0 radical (unpaired) electrons. The van der Waals surface area contributed by atoms with Crippen molar-refractivity contribution in [3.05, 3.63) is 30.1 Å². The van der Waals surface area contributed by atoms with Crippen molar-refractivity contribution < 1.29 is 9.53 Å². The number of aryl methyl sites for hydroxylation is 1. The van der Waals surface area contributed by atoms with Crippen LogP contribution in [0.5, 0.6) is 0 Å². The fourth-order valence-corrected chi connectivity index (χ4v) is 2.81. The largest absolute Gasteiger partial charge is 0.378 e. The third-order valence-electron chi connectivity index (χ3n) is 3.84. The zero-order chi connectivity index (χ0) is 14.1. The minimum atomic E-state index is -0.236. The number of rotatable bonds is 2. The summed E-state index contributed by atoms with van der Waals surface area (Å²) < 4.78 is 7.32. The van der Waals surface area contributed by atoms with Gasteiger partial charge in [-0.3, -0.25) is 4.79 Å². The number of nitrogens with zero attached hydrogens (tertiary/aromatic N) is 3. The van der Waals surface area contributed by atoms with Gasteiger partial charge in [-0.25, -0.2) is 4.98 Å². The third kappa shape index (κ3) is 2.18. The summed E-state index contributed by atoms with van der Waals surface area (Å²) in [5.74, 6) is 1.01. The zero-order valence-electron chi connectivity index (χ0n) is 11.9. The number of para-hydroxylation sites is 2. The minimum Gasteiger partial charge on any atom is -0.378 e. The number of morpholine rings is 1. The molecule has 1 aliphatic rings. The standard InChI is InChI=1S/C15H19N3O2/c1-11(15(19)17-7-9-20-10-8-17)18-12(2)16-13-5-3-4-6-14(13)18/h3-6,11H,7-10H2,1-2H3. The van der Waals surface area contributed by atoms with Crippen LogP contribution in [0.3, 0.4) is 0 Å². The summed E-state index contributed by atoms with van der Waals surface area (Å²) in [6.45, 7) is 6.50. The van der Waals surface area contributed by atoms with Crippen molar-refractivity contribution in [1.82, 2.24) is 14.5 Å². The molecule has 2 aromatic rings. The monoisotopic (exact) mass is 273 g/mol. The van der Waals surface area contributed by atoms with E-state index in [1.54, 1.807) is 0 Å². The van der Waals surface area contributed by atoms with Crippen LogP contribution in [0.25, 0.3) is 11.0 Å². The molecule has 20 heavy (non-hydrogen) atoms. The first-order valence-corrected chi connectivity index (χ1v) is 6.98. The van der Waals surface area contributed by atoms with Gasteiger partial charge in [0.05, 0.1) is 24.2 Å². The molecule has 0 bridgehead atoms. The van der Waals surface area contributed by atoms with Crippen LogP contribution in [0.15, 0.2) is 24.3 Å². The maximum Gasteiger partial charge on any atom is 0.245 e. The SMILES string of the molecule is Cc1nc2ccccc2n1C(C)C(=O)N1CCOCC1. The van der Waals surface area contributed by atoms with Gasteiger partial charge in [0, 0.05) is 13.1 Å². The first kappa shape index (κ1) is 13.1. The Balaban J connectivity index is 1.93. The van der Waals surface area contributed by atoms with E-state index in [9.17, 15) is 4.79 Å². The summed E-state index contributed by atoms with van der Waals surface area (Å²) in [6.07, 6.45) is 0. The van der Waals surface area contributed by atoms with Gasteiger partial charge < -0.3 is 14.2 Å². The molecule has 106 valence electrons. The molecule has 1 aromatic carbocycles. The highest BCUT2D eigenvalue weighted by Gasteiger charge is 2.25. The van der Waals surface area contributed by atoms with Crippen LogP contribution in [0.2, 0.25) is 0 Å². The molecule has 1 amide bonds. The molecule has 2 heterocycles. The van der Waals surface area contributed by atoms with Gasteiger partial charge in [0.2, 0.25) is 5.91 Å². The van der Waals surface area contributed by atoms with E-state index in [4.69, 9.17) is 4.74 Å². The summed E-state index contributed by atoms with van der Waals surface area (Å²) in [6, 6.07) is 7.70. The number of hydrogen-bond acceptors (Lipinski definition) is 3. The fourth-order valence-electron chi connectivity index (χ4n) is 2.81. The number of ether oxygens (including phenoxy) is 1. The lowest BCUT2D eigenvalue weighted by atomic mass is 10.2. The van der Waals surface area contributed by atoms with E-state index in [0.717, 1.165) is 16.9 Å². The van der Waals surface area contributed by atoms with Gasteiger partial charge in [0.15, 0.2) is 0 Å². The predicted molar refractivity (Wildman–Crippen MR) is 76.6 cm³/mol. The Morgan fingerprint density at radius 2 is 2.00 bits per heavy atom. The molecule has 1 unspecified atom stereocenters. The molecule has 1 saturated heterocycles. The molecule has 5 nitrogen and oxygen atoms in total. The van der Waals surface area contributed by atoms with E-state index in [1.807, 2.05) is 47.6 Å². The minimum absolute atomic E-state index is 0.138. The molecule has 1 aromatic heterocycles. The molecule has 1 fully saturated rings. The van der Waals surface area contributed by atoms with Crippen molar-refractivity contribution in [1.29, 1.82) is 0 Å². The lowest BCUT2D eigenvalue weighted by Crippen LogP contribution is -2.43.